The Morgan fingerprint density at radius 3 is 3.09 bits per heavy atom. The van der Waals surface area contributed by atoms with Crippen molar-refractivity contribution in [1.29, 1.82) is 0 Å². The fraction of sp³-hybridized carbons (Fsp3) is 0.375. The second kappa shape index (κ2) is 6.49. The normalized spacial score (nSPS) is 21.8. The summed E-state index contributed by atoms with van der Waals surface area (Å²) in [5.41, 5.74) is 3.29. The predicted molar refractivity (Wildman–Crippen MR) is 104 cm³/mol. The van der Waals surface area contributed by atoms with Crippen LogP contribution in [0.2, 0.25) is 0 Å². The van der Waals surface area contributed by atoms with Gasteiger partial charge in [-0.05, 0) is 60.0 Å². The highest BCUT2D eigenvalue weighted by Crippen LogP contribution is 2.28. The van der Waals surface area contributed by atoms with Crippen molar-refractivity contribution >= 4 is 39.3 Å². The molecule has 3 atom stereocenters. The quantitative estimate of drug-likeness (QED) is 0.499. The second-order valence-electron chi connectivity index (χ2n) is 6.27. The maximum Gasteiger partial charge on any atom is 0.0741 e. The summed E-state index contributed by atoms with van der Waals surface area (Å²) < 4.78 is 4.29. The lowest BCUT2D eigenvalue weighted by molar-refractivity contribution is 0.483. The van der Waals surface area contributed by atoms with Crippen LogP contribution >= 0.6 is 28.4 Å². The van der Waals surface area contributed by atoms with E-state index in [0.717, 1.165) is 24.3 Å². The molecule has 4 heterocycles. The minimum absolute atomic E-state index is 0.619. The molecule has 0 aromatic carbocycles. The summed E-state index contributed by atoms with van der Waals surface area (Å²) in [5.74, 6) is 0.711. The van der Waals surface area contributed by atoms with E-state index in [1.165, 1.54) is 17.3 Å². The topological polar surface area (TPSA) is 47.7 Å². The van der Waals surface area contributed by atoms with E-state index < -0.39 is 0 Å². The van der Waals surface area contributed by atoms with Gasteiger partial charge in [-0.25, -0.2) is 4.45 Å². The van der Waals surface area contributed by atoms with Gasteiger partial charge in [-0.1, -0.05) is 0 Å². The van der Waals surface area contributed by atoms with E-state index in [-0.39, 0.29) is 0 Å². The van der Waals surface area contributed by atoms with Gasteiger partial charge in [-0.3, -0.25) is 4.98 Å². The van der Waals surface area contributed by atoms with Gasteiger partial charge in [0.25, 0.3) is 0 Å². The molecule has 1 aliphatic heterocycles. The molecule has 0 aliphatic carbocycles. The van der Waals surface area contributed by atoms with Gasteiger partial charge < -0.3 is 9.88 Å². The first-order chi connectivity index (χ1) is 11.2. The molecule has 23 heavy (non-hydrogen) atoms. The number of halogens is 1. The molecule has 0 bridgehead atoms. The minimum atomic E-state index is 0.619. The number of rotatable bonds is 4. The Balaban J connectivity index is 1.60. The number of fused-ring (bicyclic) bond motifs is 1. The maximum absolute atomic E-state index is 4.66. The summed E-state index contributed by atoms with van der Waals surface area (Å²) in [5, 5.41) is 9.12. The summed E-state index contributed by atoms with van der Waals surface area (Å²) >= 11 is 2.33. The van der Waals surface area contributed by atoms with E-state index >= 15 is 0 Å². The van der Waals surface area contributed by atoms with Gasteiger partial charge in [0.2, 0.25) is 0 Å². The lowest BCUT2D eigenvalue weighted by Crippen LogP contribution is -2.17. The molecule has 5 nitrogen and oxygen atoms in total. The maximum atomic E-state index is 4.66. The lowest BCUT2D eigenvalue weighted by Gasteiger charge is -2.11. The first-order valence-electron chi connectivity index (χ1n) is 7.83. The molecule has 4 rings (SSSR count). The smallest absolute Gasteiger partial charge is 0.0741 e. The average molecular weight is 439 g/mol. The molecule has 0 amide bonds. The van der Waals surface area contributed by atoms with Crippen LogP contribution in [-0.2, 0) is 6.54 Å². The summed E-state index contributed by atoms with van der Waals surface area (Å²) in [7, 11) is 0. The number of hydrogen-bond acceptors (Lipinski definition) is 3. The highest BCUT2D eigenvalue weighted by Gasteiger charge is 2.21. The van der Waals surface area contributed by atoms with Crippen LogP contribution in [0.4, 0.5) is 0 Å². The molecule has 1 N–H and O–H groups in total. The van der Waals surface area contributed by atoms with Crippen molar-refractivity contribution in [2.24, 2.45) is 5.92 Å². The summed E-state index contributed by atoms with van der Waals surface area (Å²) in [6.45, 7) is 4.44. The van der Waals surface area contributed by atoms with Crippen LogP contribution in [0.3, 0.4) is 0 Å². The molecule has 1 saturated heterocycles. The van der Waals surface area contributed by atoms with Gasteiger partial charge in [-0.15, -0.1) is 0 Å². The SMILES string of the molecule is C[C@H]1C[C@H](Cn2ccc3cc(-c4cnn(PI)c4)ncc32)CN1. The van der Waals surface area contributed by atoms with Crippen LogP contribution in [0.15, 0.2) is 36.9 Å². The first kappa shape index (κ1) is 15.5. The average Bonchev–Trinajstić information content (AvgIpc) is 3.28. The minimum Gasteiger partial charge on any atom is -0.346 e. The van der Waals surface area contributed by atoms with Crippen molar-refractivity contribution in [3.8, 4) is 11.3 Å². The van der Waals surface area contributed by atoms with Crippen molar-refractivity contribution in [2.45, 2.75) is 25.9 Å². The van der Waals surface area contributed by atoms with Crippen molar-refractivity contribution < 1.29 is 0 Å². The Labute approximate surface area is 150 Å². The molecule has 3 aromatic heterocycles. The van der Waals surface area contributed by atoms with E-state index in [0.29, 0.717) is 18.3 Å². The highest BCUT2D eigenvalue weighted by atomic mass is 127. The fourth-order valence-electron chi connectivity index (χ4n) is 3.36. The first-order valence-corrected chi connectivity index (χ1v) is 11.9. The standard InChI is InChI=1S/C16H19IN5P/c1-11-4-12(6-18-11)9-21-3-2-13-5-15(19-8-16(13)21)14-7-20-22(10-14)23-17/h2-3,5,7-8,10-12,18,23H,4,6,9H2,1H3/t11-,12-/m0/s1. The van der Waals surface area contributed by atoms with Crippen LogP contribution in [0.25, 0.3) is 22.2 Å². The Kier molecular flexibility index (Phi) is 4.39. The van der Waals surface area contributed by atoms with Crippen LogP contribution < -0.4 is 5.32 Å². The Bertz CT molecular complexity index is 827. The van der Waals surface area contributed by atoms with Gasteiger partial charge in [0, 0.05) is 35.9 Å². The molecular weight excluding hydrogens is 420 g/mol. The van der Waals surface area contributed by atoms with Gasteiger partial charge in [-0.2, -0.15) is 5.10 Å². The molecule has 7 heteroatoms. The highest BCUT2D eigenvalue weighted by molar-refractivity contribution is 14.2. The molecule has 1 aliphatic rings. The van der Waals surface area contributed by atoms with E-state index in [1.54, 1.807) is 0 Å². The zero-order valence-corrected chi connectivity index (χ0v) is 16.1. The van der Waals surface area contributed by atoms with Gasteiger partial charge >= 0.3 is 0 Å². The molecule has 1 fully saturated rings. The van der Waals surface area contributed by atoms with Gasteiger partial charge in [0.1, 0.15) is 0 Å². The van der Waals surface area contributed by atoms with Crippen LogP contribution in [-0.4, -0.2) is 31.7 Å². The molecule has 0 radical (unpaired) electrons. The predicted octanol–water partition coefficient (Wildman–Crippen LogP) is 3.69. The molecule has 1 unspecified atom stereocenters. The molecule has 120 valence electrons. The zero-order chi connectivity index (χ0) is 15.8. The molecule has 0 saturated carbocycles. The lowest BCUT2D eigenvalue weighted by atomic mass is 10.1. The van der Waals surface area contributed by atoms with Crippen LogP contribution in [0.5, 0.6) is 0 Å². The van der Waals surface area contributed by atoms with E-state index in [4.69, 9.17) is 0 Å². The van der Waals surface area contributed by atoms with E-state index in [2.05, 4.69) is 73.5 Å². The van der Waals surface area contributed by atoms with Crippen molar-refractivity contribution in [3.05, 3.63) is 36.9 Å². The Hall–Kier alpha value is -0.980. The van der Waals surface area contributed by atoms with Crippen molar-refractivity contribution in [1.82, 2.24) is 24.4 Å². The van der Waals surface area contributed by atoms with E-state index in [9.17, 15) is 0 Å². The summed E-state index contributed by atoms with van der Waals surface area (Å²) in [6.07, 6.45) is 10.0. The van der Waals surface area contributed by atoms with Crippen LogP contribution in [0, 0.1) is 5.92 Å². The Morgan fingerprint density at radius 1 is 1.43 bits per heavy atom. The molecular formula is C16H19IN5P. The van der Waals surface area contributed by atoms with Crippen molar-refractivity contribution in [2.75, 3.05) is 6.54 Å². The monoisotopic (exact) mass is 439 g/mol. The summed E-state index contributed by atoms with van der Waals surface area (Å²) in [6, 6.07) is 5.00. The van der Waals surface area contributed by atoms with Crippen molar-refractivity contribution in [3.63, 3.8) is 0 Å². The molecule has 0 spiro atoms. The number of pyridine rings is 1. The number of aromatic nitrogens is 4. The second-order valence-corrected chi connectivity index (χ2v) is 8.34. The third-order valence-electron chi connectivity index (χ3n) is 4.52. The number of hydrogen-bond donors (Lipinski definition) is 1. The Morgan fingerprint density at radius 2 is 2.35 bits per heavy atom. The van der Waals surface area contributed by atoms with E-state index in [1.807, 2.05) is 16.8 Å². The number of nitrogens with one attached hydrogen (secondary N) is 1. The van der Waals surface area contributed by atoms with Gasteiger partial charge in [0.15, 0.2) is 0 Å². The van der Waals surface area contributed by atoms with Crippen LogP contribution in [0.1, 0.15) is 13.3 Å². The zero-order valence-electron chi connectivity index (χ0n) is 12.9. The summed E-state index contributed by atoms with van der Waals surface area (Å²) in [4.78, 5) is 4.66. The number of nitrogens with zero attached hydrogens (tertiary/aromatic N) is 4. The third-order valence-corrected chi connectivity index (χ3v) is 6.42. The largest absolute Gasteiger partial charge is 0.346 e. The fourth-order valence-corrected chi connectivity index (χ4v) is 4.44. The van der Waals surface area contributed by atoms with Gasteiger partial charge in [0.05, 0.1) is 30.0 Å². The molecule has 3 aromatic rings. The third kappa shape index (κ3) is 3.16.